The van der Waals surface area contributed by atoms with Gasteiger partial charge in [-0.25, -0.2) is 4.79 Å². The Labute approximate surface area is 246 Å². The van der Waals surface area contributed by atoms with Crippen molar-refractivity contribution in [2.45, 2.75) is 76.4 Å². The number of halogens is 1. The summed E-state index contributed by atoms with van der Waals surface area (Å²) in [5.74, 6) is -1.42. The number of primary amides is 1. The Morgan fingerprint density at radius 1 is 0.825 bits per heavy atom. The molecule has 0 aromatic heterocycles. The lowest BCUT2D eigenvalue weighted by atomic mass is 9.89. The first-order valence-electron chi connectivity index (χ1n) is 13.4. The minimum atomic E-state index is -1.01. The normalized spacial score (nSPS) is 12.4. The Bertz CT molecular complexity index is 1300. The zero-order valence-corrected chi connectivity index (χ0v) is 25.5. The minimum Gasteiger partial charge on any atom is -0.458 e. The molecule has 0 radical (unpaired) electrons. The molecule has 0 fully saturated rings. The number of alkyl halides is 1. The summed E-state index contributed by atoms with van der Waals surface area (Å²) < 4.78 is 5.75. The van der Waals surface area contributed by atoms with Gasteiger partial charge in [-0.05, 0) is 81.8 Å². The van der Waals surface area contributed by atoms with Gasteiger partial charge in [-0.3, -0.25) is 9.59 Å². The van der Waals surface area contributed by atoms with Gasteiger partial charge >= 0.3 is 5.97 Å². The molecule has 212 valence electrons. The number of esters is 1. The highest BCUT2D eigenvalue weighted by Gasteiger charge is 2.42. The van der Waals surface area contributed by atoms with Crippen molar-refractivity contribution in [2.75, 3.05) is 0 Å². The predicted molar refractivity (Wildman–Crippen MR) is 163 cm³/mol. The van der Waals surface area contributed by atoms with Crippen LogP contribution in [0.2, 0.25) is 0 Å². The SMILES string of the molecule is CC(C)(C)OC(=O)[C@H](CCC(N)=O)N(C(=O)c1ccc(-c2ccc(CBr)cc2)cc1)C(C)(C)Cc1ccccc1. The van der Waals surface area contributed by atoms with Crippen LogP contribution in [-0.2, 0) is 26.1 Å². The summed E-state index contributed by atoms with van der Waals surface area (Å²) in [6.45, 7) is 9.19. The molecular weight excluding hydrogens is 568 g/mol. The van der Waals surface area contributed by atoms with E-state index in [0.717, 1.165) is 22.0 Å². The number of ether oxygens (including phenoxy) is 1. The van der Waals surface area contributed by atoms with Crippen LogP contribution in [0.3, 0.4) is 0 Å². The number of carbonyl (C=O) groups is 3. The predicted octanol–water partition coefficient (Wildman–Crippen LogP) is 6.69. The average Bonchev–Trinajstić information content (AvgIpc) is 2.90. The fourth-order valence-electron chi connectivity index (χ4n) is 4.75. The number of hydrogen-bond acceptors (Lipinski definition) is 4. The Hall–Kier alpha value is -3.45. The lowest BCUT2D eigenvalue weighted by Crippen LogP contribution is -2.58. The van der Waals surface area contributed by atoms with Crippen LogP contribution in [0.5, 0.6) is 0 Å². The Morgan fingerprint density at radius 2 is 1.38 bits per heavy atom. The molecule has 6 nitrogen and oxygen atoms in total. The molecule has 0 aliphatic heterocycles. The maximum absolute atomic E-state index is 14.3. The number of amides is 2. The molecule has 3 rings (SSSR count). The van der Waals surface area contributed by atoms with Gasteiger partial charge in [0.15, 0.2) is 0 Å². The highest BCUT2D eigenvalue weighted by atomic mass is 79.9. The maximum Gasteiger partial charge on any atom is 0.329 e. The van der Waals surface area contributed by atoms with E-state index in [2.05, 4.69) is 28.1 Å². The van der Waals surface area contributed by atoms with E-state index in [9.17, 15) is 14.4 Å². The van der Waals surface area contributed by atoms with E-state index in [1.165, 1.54) is 5.56 Å². The van der Waals surface area contributed by atoms with Gasteiger partial charge in [0.25, 0.3) is 5.91 Å². The largest absolute Gasteiger partial charge is 0.458 e. The smallest absolute Gasteiger partial charge is 0.329 e. The van der Waals surface area contributed by atoms with Gasteiger partial charge in [0, 0.05) is 22.9 Å². The van der Waals surface area contributed by atoms with Crippen LogP contribution in [0.25, 0.3) is 11.1 Å². The molecule has 0 heterocycles. The number of benzene rings is 3. The molecule has 0 saturated heterocycles. The molecule has 3 aromatic rings. The first kappa shape index (κ1) is 31.1. The van der Waals surface area contributed by atoms with Gasteiger partial charge < -0.3 is 15.4 Å². The van der Waals surface area contributed by atoms with Gasteiger partial charge in [-0.15, -0.1) is 0 Å². The summed E-state index contributed by atoms with van der Waals surface area (Å²) in [5, 5.41) is 0.782. The van der Waals surface area contributed by atoms with Crippen molar-refractivity contribution in [3.8, 4) is 11.1 Å². The summed E-state index contributed by atoms with van der Waals surface area (Å²) >= 11 is 3.47. The lowest BCUT2D eigenvalue weighted by molar-refractivity contribution is -0.162. The number of hydrogen-bond donors (Lipinski definition) is 1. The van der Waals surface area contributed by atoms with Crippen molar-refractivity contribution in [3.05, 3.63) is 95.6 Å². The molecule has 3 aromatic carbocycles. The quantitative estimate of drug-likeness (QED) is 0.194. The second-order valence-corrected chi connectivity index (χ2v) is 12.2. The molecule has 40 heavy (non-hydrogen) atoms. The van der Waals surface area contributed by atoms with Crippen LogP contribution in [-0.4, -0.2) is 39.9 Å². The van der Waals surface area contributed by atoms with E-state index in [1.807, 2.05) is 68.4 Å². The molecular formula is C33H39BrN2O4. The molecule has 0 aliphatic carbocycles. The lowest BCUT2D eigenvalue weighted by Gasteiger charge is -2.43. The van der Waals surface area contributed by atoms with Crippen LogP contribution in [0, 0.1) is 0 Å². The second kappa shape index (κ2) is 13.3. The molecule has 0 unspecified atom stereocenters. The first-order valence-corrected chi connectivity index (χ1v) is 14.6. The van der Waals surface area contributed by atoms with Gasteiger partial charge in [0.1, 0.15) is 11.6 Å². The van der Waals surface area contributed by atoms with E-state index in [1.54, 1.807) is 37.8 Å². The molecule has 2 N–H and O–H groups in total. The van der Waals surface area contributed by atoms with Gasteiger partial charge in [-0.1, -0.05) is 82.7 Å². The molecule has 7 heteroatoms. The van der Waals surface area contributed by atoms with Gasteiger partial charge in [0.2, 0.25) is 5.91 Å². The summed E-state index contributed by atoms with van der Waals surface area (Å²) in [6, 6.07) is 24.4. The van der Waals surface area contributed by atoms with Crippen molar-refractivity contribution in [1.82, 2.24) is 4.90 Å². The second-order valence-electron chi connectivity index (χ2n) is 11.6. The summed E-state index contributed by atoms with van der Waals surface area (Å²) in [5.41, 5.74) is 8.56. The summed E-state index contributed by atoms with van der Waals surface area (Å²) in [6.07, 6.45) is 0.498. The minimum absolute atomic E-state index is 0.0571. The zero-order chi connectivity index (χ0) is 29.5. The van der Waals surface area contributed by atoms with Crippen molar-refractivity contribution in [2.24, 2.45) is 5.73 Å². The molecule has 0 saturated carbocycles. The fraction of sp³-hybridized carbons (Fsp3) is 0.364. The van der Waals surface area contributed by atoms with Crippen LogP contribution < -0.4 is 5.73 Å². The van der Waals surface area contributed by atoms with E-state index >= 15 is 0 Å². The first-order chi connectivity index (χ1) is 18.8. The van der Waals surface area contributed by atoms with Crippen molar-refractivity contribution >= 4 is 33.7 Å². The summed E-state index contributed by atoms with van der Waals surface area (Å²) in [7, 11) is 0. The van der Waals surface area contributed by atoms with Crippen molar-refractivity contribution < 1.29 is 19.1 Å². The third-order valence-electron chi connectivity index (χ3n) is 6.58. The van der Waals surface area contributed by atoms with Crippen LogP contribution in [0.4, 0.5) is 0 Å². The summed E-state index contributed by atoms with van der Waals surface area (Å²) in [4.78, 5) is 41.2. The molecule has 0 spiro atoms. The third-order valence-corrected chi connectivity index (χ3v) is 7.23. The average molecular weight is 608 g/mol. The van der Waals surface area contributed by atoms with Gasteiger partial charge in [-0.2, -0.15) is 0 Å². The molecule has 1 atom stereocenters. The van der Waals surface area contributed by atoms with Crippen molar-refractivity contribution in [1.29, 1.82) is 0 Å². The molecule has 0 bridgehead atoms. The zero-order valence-electron chi connectivity index (χ0n) is 23.9. The van der Waals surface area contributed by atoms with E-state index < -0.39 is 29.1 Å². The molecule has 2 amide bonds. The monoisotopic (exact) mass is 606 g/mol. The maximum atomic E-state index is 14.3. The van der Waals surface area contributed by atoms with Crippen LogP contribution >= 0.6 is 15.9 Å². The number of carbonyl (C=O) groups excluding carboxylic acids is 3. The van der Waals surface area contributed by atoms with Crippen molar-refractivity contribution in [3.63, 3.8) is 0 Å². The number of nitrogens with zero attached hydrogens (tertiary/aromatic N) is 1. The standard InChI is InChI=1S/C33H39BrN2O4/c1-32(2,3)40-31(39)28(19-20-29(35)37)36(33(4,5)21-23-9-7-6-8-10-23)30(38)27-17-15-26(16-18-27)25-13-11-24(22-34)12-14-25/h6-18,28H,19-22H2,1-5H3,(H2,35,37)/t28-/m0/s1. The van der Waals surface area contributed by atoms with E-state index in [4.69, 9.17) is 10.5 Å². The number of nitrogens with two attached hydrogens (primary N) is 1. The Balaban J connectivity index is 2.03. The Morgan fingerprint density at radius 3 is 1.88 bits per heavy atom. The highest BCUT2D eigenvalue weighted by Crippen LogP contribution is 2.30. The van der Waals surface area contributed by atoms with Gasteiger partial charge in [0.05, 0.1) is 0 Å². The Kier molecular flexibility index (Phi) is 10.3. The fourth-order valence-corrected chi connectivity index (χ4v) is 5.12. The highest BCUT2D eigenvalue weighted by molar-refractivity contribution is 9.08. The van der Waals surface area contributed by atoms with E-state index in [-0.39, 0.29) is 18.7 Å². The topological polar surface area (TPSA) is 89.7 Å². The van der Waals surface area contributed by atoms with Crippen LogP contribution in [0.15, 0.2) is 78.9 Å². The molecule has 0 aliphatic rings. The number of rotatable bonds is 11. The van der Waals surface area contributed by atoms with Crippen LogP contribution in [0.1, 0.15) is 68.9 Å². The third kappa shape index (κ3) is 8.52. The van der Waals surface area contributed by atoms with E-state index in [0.29, 0.717) is 12.0 Å².